The maximum atomic E-state index is 13.2. The first-order valence-corrected chi connectivity index (χ1v) is 16.9. The predicted molar refractivity (Wildman–Crippen MR) is 175 cm³/mol. The van der Waals surface area contributed by atoms with Gasteiger partial charge in [0.1, 0.15) is 6.10 Å². The number of piperazine rings is 1. The van der Waals surface area contributed by atoms with Crippen LogP contribution >= 0.6 is 0 Å². The molecule has 0 unspecified atom stereocenters. The van der Waals surface area contributed by atoms with Gasteiger partial charge in [-0.05, 0) is 51.7 Å². The molecule has 1 amide bonds. The van der Waals surface area contributed by atoms with Gasteiger partial charge in [0.05, 0.1) is 36.4 Å². The molecule has 3 heterocycles. The molecule has 2 fully saturated rings. The molecule has 0 spiro atoms. The number of aliphatic hydroxyl groups excluding tert-OH is 2. The van der Waals surface area contributed by atoms with Crippen molar-refractivity contribution in [1.82, 2.24) is 10.2 Å². The summed E-state index contributed by atoms with van der Waals surface area (Å²) in [6, 6.07) is 0. The quantitative estimate of drug-likeness (QED) is 0.0891. The number of amides is 1. The lowest BCUT2D eigenvalue weighted by Crippen LogP contribution is -2.52. The highest BCUT2D eigenvalue weighted by atomic mass is 16.6. The molecule has 0 aromatic heterocycles. The van der Waals surface area contributed by atoms with Crippen molar-refractivity contribution in [2.24, 2.45) is 11.8 Å². The van der Waals surface area contributed by atoms with Gasteiger partial charge in [-0.15, -0.1) is 0 Å². The van der Waals surface area contributed by atoms with Crippen LogP contribution in [0, 0.1) is 11.8 Å². The minimum Gasteiger partial charge on any atom is -0.457 e. The molecule has 47 heavy (non-hydrogen) atoms. The molecule has 12 heteroatoms. The number of nitrogens with zero attached hydrogens (tertiary/aromatic N) is 1. The fourth-order valence-corrected chi connectivity index (χ4v) is 6.19. The minimum atomic E-state index is -1.32. The molecule has 0 aromatic rings. The number of epoxide rings is 1. The monoisotopic (exact) mass is 664 g/mol. The summed E-state index contributed by atoms with van der Waals surface area (Å²) in [5.41, 5.74) is -1.80. The van der Waals surface area contributed by atoms with Gasteiger partial charge in [-0.2, -0.15) is 0 Å². The number of ether oxygens (including phenoxy) is 4. The smallest absolute Gasteiger partial charge is 0.410 e. The highest BCUT2D eigenvalue weighted by Crippen LogP contribution is 2.37. The largest absolute Gasteiger partial charge is 0.457 e. The third-order valence-electron chi connectivity index (χ3n) is 9.33. The van der Waals surface area contributed by atoms with Crippen molar-refractivity contribution in [3.8, 4) is 0 Å². The first kappa shape index (κ1) is 38.7. The topological polar surface area (TPSA) is 167 Å². The first-order valence-electron chi connectivity index (χ1n) is 16.9. The second-order valence-corrected chi connectivity index (χ2v) is 13.8. The van der Waals surface area contributed by atoms with Crippen molar-refractivity contribution in [1.29, 1.82) is 0 Å². The number of carbonyl (C=O) groups excluding carboxylic acids is 3. The number of nitrogens with one attached hydrogen (secondary N) is 1. The third kappa shape index (κ3) is 11.7. The normalized spacial score (nSPS) is 34.2. The van der Waals surface area contributed by atoms with Crippen molar-refractivity contribution >= 4 is 18.0 Å². The van der Waals surface area contributed by atoms with Crippen LogP contribution in [0.2, 0.25) is 0 Å². The van der Waals surface area contributed by atoms with E-state index < -0.39 is 59.6 Å². The lowest BCUT2D eigenvalue weighted by Gasteiger charge is -2.38. The molecule has 3 rings (SSSR count). The van der Waals surface area contributed by atoms with E-state index in [0.717, 1.165) is 0 Å². The van der Waals surface area contributed by atoms with Gasteiger partial charge < -0.3 is 44.5 Å². The number of aliphatic hydroxyl groups is 3. The van der Waals surface area contributed by atoms with Crippen molar-refractivity contribution in [3.05, 3.63) is 36.0 Å². The SMILES string of the molecule is CC[C@@H](O)[C@@H](C)[C@H]1O[C@@H]1C[C@](C)(O)/C=C/C=C(\C)[C@H]1OC(=O)C[C@@H](O)CC[C@](C)(OC(=O)N2CCNCC2)[C@@H](OC(C)=O)/C=C\[C@@H]1C. The van der Waals surface area contributed by atoms with Gasteiger partial charge in [0, 0.05) is 51.4 Å². The van der Waals surface area contributed by atoms with Gasteiger partial charge in [-0.3, -0.25) is 9.59 Å². The zero-order valence-corrected chi connectivity index (χ0v) is 29.0. The highest BCUT2D eigenvalue weighted by molar-refractivity contribution is 5.71. The molecule has 0 aromatic carbocycles. The van der Waals surface area contributed by atoms with Crippen LogP contribution in [-0.4, -0.2) is 112 Å². The Bertz CT molecular complexity index is 1160. The van der Waals surface area contributed by atoms with Crippen LogP contribution in [0.5, 0.6) is 0 Å². The van der Waals surface area contributed by atoms with Crippen LogP contribution in [0.3, 0.4) is 0 Å². The van der Waals surface area contributed by atoms with Gasteiger partial charge in [0.25, 0.3) is 0 Å². The van der Waals surface area contributed by atoms with Crippen molar-refractivity contribution in [2.75, 3.05) is 26.2 Å². The summed E-state index contributed by atoms with van der Waals surface area (Å²) in [6.07, 6.45) is 5.52. The number of rotatable bonds is 10. The van der Waals surface area contributed by atoms with E-state index in [1.165, 1.54) is 6.92 Å². The van der Waals surface area contributed by atoms with E-state index in [1.807, 2.05) is 20.8 Å². The number of carbonyl (C=O) groups is 3. The van der Waals surface area contributed by atoms with E-state index in [1.54, 1.807) is 56.1 Å². The van der Waals surface area contributed by atoms with Crippen molar-refractivity contribution < 1.29 is 48.7 Å². The Morgan fingerprint density at radius 3 is 2.57 bits per heavy atom. The molecule has 4 N–H and O–H groups in total. The Morgan fingerprint density at radius 1 is 1.26 bits per heavy atom. The Balaban J connectivity index is 1.80. The summed E-state index contributed by atoms with van der Waals surface area (Å²) in [7, 11) is 0. The molecule has 12 nitrogen and oxygen atoms in total. The van der Waals surface area contributed by atoms with Gasteiger partial charge in [-0.1, -0.05) is 45.1 Å². The highest BCUT2D eigenvalue weighted by Gasteiger charge is 2.47. The third-order valence-corrected chi connectivity index (χ3v) is 9.33. The van der Waals surface area contributed by atoms with Gasteiger partial charge in [-0.25, -0.2) is 4.79 Å². The van der Waals surface area contributed by atoms with Crippen LogP contribution in [-0.2, 0) is 28.5 Å². The van der Waals surface area contributed by atoms with E-state index in [0.29, 0.717) is 44.6 Å². The zero-order valence-electron chi connectivity index (χ0n) is 29.0. The molecule has 3 aliphatic rings. The molecule has 0 aliphatic carbocycles. The first-order chi connectivity index (χ1) is 22.0. The number of allylic oxidation sites excluding steroid dienone is 2. The number of hydrogen-bond donors (Lipinski definition) is 4. The van der Waals surface area contributed by atoms with E-state index in [2.05, 4.69) is 5.32 Å². The molecule has 2 saturated heterocycles. The van der Waals surface area contributed by atoms with Crippen LogP contribution in [0.25, 0.3) is 0 Å². The van der Waals surface area contributed by atoms with E-state index >= 15 is 0 Å². The van der Waals surface area contributed by atoms with Gasteiger partial charge >= 0.3 is 18.0 Å². The average molecular weight is 665 g/mol. The molecular formula is C35H56N2O10. The predicted octanol–water partition coefficient (Wildman–Crippen LogP) is 3.19. The van der Waals surface area contributed by atoms with E-state index in [-0.39, 0.29) is 37.4 Å². The lowest BCUT2D eigenvalue weighted by molar-refractivity contribution is -0.158. The second kappa shape index (κ2) is 17.1. The van der Waals surface area contributed by atoms with Crippen molar-refractivity contribution in [2.45, 2.75) is 128 Å². The average Bonchev–Trinajstić information content (AvgIpc) is 3.77. The van der Waals surface area contributed by atoms with Gasteiger partial charge in [0.15, 0.2) is 11.7 Å². The molecule has 10 atom stereocenters. The maximum absolute atomic E-state index is 13.2. The number of esters is 2. The standard InChI is InChI=1S/C35H56N2O10/c1-8-27(40)24(4)32-28(45-32)21-34(6,43)14-9-10-22(2)31-23(3)11-12-29(44-25(5)38)35(7,15-13-26(39)20-30(41)46-31)47-33(42)37-18-16-36-17-19-37/h9-12,14,23-24,26-29,31-32,36,39-40,43H,8,13,15-21H2,1-7H3/b12-11-,14-9+,22-10+/t23-,24+,26-,27+,28+,29-,31+,32+,34+,35-/m0/s1. The molecule has 266 valence electrons. The fraction of sp³-hybridized carbons (Fsp3) is 0.743. The Morgan fingerprint density at radius 2 is 1.94 bits per heavy atom. The van der Waals surface area contributed by atoms with E-state index in [9.17, 15) is 29.7 Å². The van der Waals surface area contributed by atoms with Crippen LogP contribution in [0.15, 0.2) is 36.0 Å². The lowest BCUT2D eigenvalue weighted by atomic mass is 9.88. The van der Waals surface area contributed by atoms with Crippen molar-refractivity contribution in [3.63, 3.8) is 0 Å². The van der Waals surface area contributed by atoms with Crippen LogP contribution < -0.4 is 5.32 Å². The van der Waals surface area contributed by atoms with Gasteiger partial charge in [0.2, 0.25) is 0 Å². The molecule has 0 saturated carbocycles. The summed E-state index contributed by atoms with van der Waals surface area (Å²) in [4.78, 5) is 39.9. The summed E-state index contributed by atoms with van der Waals surface area (Å²) in [5, 5.41) is 35.1. The summed E-state index contributed by atoms with van der Waals surface area (Å²) < 4.78 is 23.3. The Labute approximate surface area is 279 Å². The minimum absolute atomic E-state index is 0.0201. The Hall–Kier alpha value is -2.77. The second-order valence-electron chi connectivity index (χ2n) is 13.8. The molecule has 0 bridgehead atoms. The number of cyclic esters (lactones) is 1. The van der Waals surface area contributed by atoms with Crippen LogP contribution in [0.1, 0.15) is 80.6 Å². The molecular weight excluding hydrogens is 608 g/mol. The fourth-order valence-electron chi connectivity index (χ4n) is 6.19. The van der Waals surface area contributed by atoms with E-state index in [4.69, 9.17) is 18.9 Å². The molecule has 3 aliphatic heterocycles. The summed E-state index contributed by atoms with van der Waals surface area (Å²) in [5.74, 6) is -1.56. The molecule has 0 radical (unpaired) electrons. The Kier molecular flexibility index (Phi) is 14.0. The summed E-state index contributed by atoms with van der Waals surface area (Å²) in [6.45, 7) is 14.4. The summed E-state index contributed by atoms with van der Waals surface area (Å²) >= 11 is 0. The zero-order chi connectivity index (χ0) is 34.9. The maximum Gasteiger partial charge on any atom is 0.410 e. The van der Waals surface area contributed by atoms with Crippen LogP contribution in [0.4, 0.5) is 4.79 Å². The number of hydrogen-bond acceptors (Lipinski definition) is 11.